The predicted molar refractivity (Wildman–Crippen MR) is 123 cm³/mol. The largest absolute Gasteiger partial charge is 0.512 e. The van der Waals surface area contributed by atoms with E-state index in [1.54, 1.807) is 18.2 Å². The quantitative estimate of drug-likeness (QED) is 0.316. The van der Waals surface area contributed by atoms with Crippen LogP contribution in [0.25, 0.3) is 22.0 Å². The Morgan fingerprint density at radius 2 is 1.74 bits per heavy atom. The van der Waals surface area contributed by atoms with Gasteiger partial charge in [0, 0.05) is 5.39 Å². The van der Waals surface area contributed by atoms with Crippen molar-refractivity contribution in [1.29, 1.82) is 0 Å². The smallest absolute Gasteiger partial charge is 0.490 e. The van der Waals surface area contributed by atoms with Crippen LogP contribution in [0.1, 0.15) is 5.56 Å². The molecular weight excluding hydrogens is 437 g/mol. The fraction of sp³-hybridized carbons (Fsp3) is 0.125. The molecule has 1 heterocycles. The molecule has 0 saturated carbocycles. The van der Waals surface area contributed by atoms with Gasteiger partial charge in [-0.1, -0.05) is 71.7 Å². The number of benzene rings is 3. The summed E-state index contributed by atoms with van der Waals surface area (Å²) in [6.45, 7) is 2.57. The summed E-state index contributed by atoms with van der Waals surface area (Å²) in [7, 11) is 0. The molecule has 0 spiro atoms. The Morgan fingerprint density at radius 3 is 2.52 bits per heavy atom. The number of halogens is 2. The van der Waals surface area contributed by atoms with Gasteiger partial charge in [0.1, 0.15) is 17.4 Å². The van der Waals surface area contributed by atoms with Crippen molar-refractivity contribution in [2.24, 2.45) is 0 Å². The third-order valence-corrected chi connectivity index (χ3v) is 5.81. The second-order valence-corrected chi connectivity index (χ2v) is 7.72. The molecular formula is C24H19Cl2NO4. The van der Waals surface area contributed by atoms with Gasteiger partial charge in [-0.15, -0.1) is 0 Å². The van der Waals surface area contributed by atoms with Gasteiger partial charge in [-0.25, -0.2) is 4.79 Å². The summed E-state index contributed by atoms with van der Waals surface area (Å²) in [5, 5.41) is 11.1. The van der Waals surface area contributed by atoms with E-state index in [0.29, 0.717) is 22.3 Å². The number of aromatic nitrogens is 1. The van der Waals surface area contributed by atoms with Crippen LogP contribution in [0.4, 0.5) is 4.79 Å². The molecule has 0 fully saturated rings. The molecule has 7 heteroatoms. The number of rotatable bonds is 6. The first-order valence-corrected chi connectivity index (χ1v) is 10.4. The lowest BCUT2D eigenvalue weighted by atomic mass is 10.00. The number of fused-ring (bicyclic) bond motifs is 1. The lowest BCUT2D eigenvalue weighted by Gasteiger charge is -2.13. The van der Waals surface area contributed by atoms with Gasteiger partial charge in [-0.3, -0.25) is 0 Å². The number of carboxylic acid groups (broad SMARTS) is 1. The van der Waals surface area contributed by atoms with Gasteiger partial charge in [0.2, 0.25) is 5.88 Å². The van der Waals surface area contributed by atoms with Crippen molar-refractivity contribution < 1.29 is 19.4 Å². The third-order valence-electron chi connectivity index (χ3n) is 5.01. The zero-order valence-corrected chi connectivity index (χ0v) is 18.2. The van der Waals surface area contributed by atoms with Gasteiger partial charge >= 0.3 is 6.16 Å². The van der Waals surface area contributed by atoms with Crippen LogP contribution >= 0.6 is 23.2 Å². The minimum Gasteiger partial charge on any atom is -0.490 e. The van der Waals surface area contributed by atoms with E-state index in [0.717, 1.165) is 27.6 Å². The summed E-state index contributed by atoms with van der Waals surface area (Å²) >= 11 is 12.3. The maximum atomic E-state index is 11.5. The van der Waals surface area contributed by atoms with Crippen LogP contribution in [-0.4, -0.2) is 22.4 Å². The van der Waals surface area contributed by atoms with Gasteiger partial charge in [-0.2, -0.15) is 0 Å². The average molecular weight is 456 g/mol. The number of hydrogen-bond donors (Lipinski definition) is 1. The van der Waals surface area contributed by atoms with Gasteiger partial charge in [0.25, 0.3) is 0 Å². The highest BCUT2D eigenvalue weighted by molar-refractivity contribution is 6.42. The molecule has 0 saturated heterocycles. The van der Waals surface area contributed by atoms with E-state index in [1.165, 1.54) is 0 Å². The molecule has 0 bridgehead atoms. The maximum absolute atomic E-state index is 11.5. The van der Waals surface area contributed by atoms with E-state index in [1.807, 2.05) is 60.0 Å². The van der Waals surface area contributed by atoms with Crippen LogP contribution in [0.15, 0.2) is 66.7 Å². The fourth-order valence-corrected chi connectivity index (χ4v) is 3.99. The topological polar surface area (TPSA) is 60.7 Å². The highest BCUT2D eigenvalue weighted by Gasteiger charge is 2.23. The van der Waals surface area contributed by atoms with Crippen molar-refractivity contribution in [2.75, 3.05) is 6.61 Å². The van der Waals surface area contributed by atoms with Crippen LogP contribution in [-0.2, 0) is 6.54 Å². The van der Waals surface area contributed by atoms with Crippen LogP contribution in [0.3, 0.4) is 0 Å². The number of para-hydroxylation sites is 1. The Hall–Kier alpha value is -3.15. The maximum Gasteiger partial charge on any atom is 0.512 e. The Kier molecular flexibility index (Phi) is 6.07. The molecule has 0 amide bonds. The zero-order valence-electron chi connectivity index (χ0n) is 16.6. The highest BCUT2D eigenvalue weighted by Crippen LogP contribution is 2.41. The summed E-state index contributed by atoms with van der Waals surface area (Å²) in [5.74, 6) is 0.717. The summed E-state index contributed by atoms with van der Waals surface area (Å²) < 4.78 is 12.9. The molecule has 0 radical (unpaired) electrons. The molecule has 0 aliphatic rings. The Labute approximate surface area is 189 Å². The second kappa shape index (κ2) is 8.92. The summed E-state index contributed by atoms with van der Waals surface area (Å²) in [6, 6.07) is 20.7. The fourth-order valence-electron chi connectivity index (χ4n) is 3.65. The second-order valence-electron chi connectivity index (χ2n) is 6.93. The SMILES string of the molecule is Cc1ccccc1-c1c(OC(=O)O)n(CCOc2cccc(Cl)c2Cl)c2ccccc12. The van der Waals surface area contributed by atoms with Gasteiger partial charge in [0.15, 0.2) is 0 Å². The van der Waals surface area contributed by atoms with Crippen molar-refractivity contribution >= 4 is 40.3 Å². The number of hydrogen-bond acceptors (Lipinski definition) is 3. The average Bonchev–Trinajstić information content (AvgIpc) is 3.04. The lowest BCUT2D eigenvalue weighted by Crippen LogP contribution is -2.13. The predicted octanol–water partition coefficient (Wildman–Crippen LogP) is 7.06. The molecule has 0 aliphatic carbocycles. The van der Waals surface area contributed by atoms with Crippen LogP contribution < -0.4 is 9.47 Å². The number of nitrogens with zero attached hydrogens (tertiary/aromatic N) is 1. The number of aryl methyl sites for hydroxylation is 1. The summed E-state index contributed by atoms with van der Waals surface area (Å²) in [5.41, 5.74) is 3.50. The standard InChI is InChI=1S/C24H19Cl2NO4/c1-15-7-2-3-8-16(15)21-17-9-4-5-11-19(17)27(23(21)31-24(28)29)13-14-30-20-12-6-10-18(25)22(20)26/h2-12H,13-14H2,1H3,(H,28,29). The number of ether oxygens (including phenoxy) is 2. The van der Waals surface area contributed by atoms with Crippen LogP contribution in [0.2, 0.25) is 10.0 Å². The molecule has 0 unspecified atom stereocenters. The van der Waals surface area contributed by atoms with Gasteiger partial charge in [0.05, 0.1) is 22.6 Å². The Balaban J connectivity index is 1.78. The molecule has 1 aromatic heterocycles. The lowest BCUT2D eigenvalue weighted by molar-refractivity contribution is 0.140. The Bertz CT molecular complexity index is 1270. The van der Waals surface area contributed by atoms with Gasteiger partial charge in [-0.05, 0) is 36.2 Å². The molecule has 31 heavy (non-hydrogen) atoms. The van der Waals surface area contributed by atoms with Crippen LogP contribution in [0.5, 0.6) is 11.6 Å². The summed E-state index contributed by atoms with van der Waals surface area (Å²) in [4.78, 5) is 11.5. The molecule has 4 aromatic rings. The van der Waals surface area contributed by atoms with Crippen LogP contribution in [0, 0.1) is 6.92 Å². The molecule has 0 atom stereocenters. The van der Waals surface area contributed by atoms with Crippen molar-refractivity contribution in [2.45, 2.75) is 13.5 Å². The Morgan fingerprint density at radius 1 is 1.00 bits per heavy atom. The molecule has 4 rings (SSSR count). The van der Waals surface area contributed by atoms with Crippen molar-refractivity contribution in [1.82, 2.24) is 4.57 Å². The van der Waals surface area contributed by atoms with Crippen molar-refractivity contribution in [3.05, 3.63) is 82.3 Å². The molecule has 3 aromatic carbocycles. The molecule has 0 aliphatic heterocycles. The van der Waals surface area contributed by atoms with E-state index >= 15 is 0 Å². The minimum atomic E-state index is -1.38. The molecule has 5 nitrogen and oxygen atoms in total. The highest BCUT2D eigenvalue weighted by atomic mass is 35.5. The van der Waals surface area contributed by atoms with Gasteiger partial charge < -0.3 is 19.1 Å². The first kappa shape index (κ1) is 21.1. The zero-order chi connectivity index (χ0) is 22.0. The summed E-state index contributed by atoms with van der Waals surface area (Å²) in [6.07, 6.45) is -1.38. The van der Waals surface area contributed by atoms with Crippen molar-refractivity contribution in [3.63, 3.8) is 0 Å². The van der Waals surface area contributed by atoms with E-state index in [9.17, 15) is 9.90 Å². The van der Waals surface area contributed by atoms with E-state index in [2.05, 4.69) is 0 Å². The molecule has 158 valence electrons. The van der Waals surface area contributed by atoms with E-state index in [-0.39, 0.29) is 12.5 Å². The number of carbonyl (C=O) groups is 1. The minimum absolute atomic E-state index is 0.238. The van der Waals surface area contributed by atoms with E-state index < -0.39 is 6.16 Å². The van der Waals surface area contributed by atoms with E-state index in [4.69, 9.17) is 32.7 Å². The first-order chi connectivity index (χ1) is 15.0. The first-order valence-electron chi connectivity index (χ1n) is 9.62. The third kappa shape index (κ3) is 4.20. The molecule has 1 N–H and O–H groups in total. The van der Waals surface area contributed by atoms with Crippen molar-refractivity contribution in [3.8, 4) is 22.8 Å². The monoisotopic (exact) mass is 455 g/mol. The normalized spacial score (nSPS) is 10.9.